The maximum Gasteiger partial charge on any atom is 0.256 e. The van der Waals surface area contributed by atoms with Crippen LogP contribution in [0.3, 0.4) is 0 Å². The normalized spacial score (nSPS) is 11.0. The van der Waals surface area contributed by atoms with Gasteiger partial charge in [0.25, 0.3) is 5.82 Å². The summed E-state index contributed by atoms with van der Waals surface area (Å²) in [5.74, 6) is 1.47. The summed E-state index contributed by atoms with van der Waals surface area (Å²) in [6.45, 7) is 6.68. The molecule has 2 rings (SSSR count). The molecule has 114 valence electrons. The Hall–Kier alpha value is -1.57. The lowest BCUT2D eigenvalue weighted by molar-refractivity contribution is -0.695. The van der Waals surface area contributed by atoms with E-state index < -0.39 is 0 Å². The van der Waals surface area contributed by atoms with E-state index in [2.05, 4.69) is 65.7 Å². The highest BCUT2D eigenvalue weighted by molar-refractivity contribution is 5.13. The van der Waals surface area contributed by atoms with Crippen molar-refractivity contribution >= 4 is 0 Å². The van der Waals surface area contributed by atoms with Gasteiger partial charge in [-0.15, -0.1) is 0 Å². The Morgan fingerprint density at radius 2 is 1.76 bits per heavy atom. The number of hydrogen-bond acceptors (Lipinski definition) is 0. The number of aromatic nitrogens is 2. The molecule has 1 aromatic carbocycles. The van der Waals surface area contributed by atoms with Crippen LogP contribution in [0, 0.1) is 0 Å². The third-order valence-electron chi connectivity index (χ3n) is 4.01. The first kappa shape index (κ1) is 15.8. The number of nitrogens with zero attached hydrogens (tertiary/aromatic N) is 2. The Morgan fingerprint density at radius 3 is 2.48 bits per heavy atom. The first-order chi connectivity index (χ1) is 10.3. The van der Waals surface area contributed by atoms with E-state index in [1.165, 1.54) is 43.5 Å². The largest absolute Gasteiger partial charge is 0.256 e. The molecule has 0 bridgehead atoms. The van der Waals surface area contributed by atoms with E-state index in [1.54, 1.807) is 0 Å². The zero-order valence-corrected chi connectivity index (χ0v) is 13.6. The van der Waals surface area contributed by atoms with E-state index in [0.717, 1.165) is 19.5 Å². The third-order valence-corrected chi connectivity index (χ3v) is 4.01. The lowest BCUT2D eigenvalue weighted by atomic mass is 10.2. The van der Waals surface area contributed by atoms with Crippen LogP contribution in [0.15, 0.2) is 42.7 Å². The minimum absolute atomic E-state index is 0.984. The van der Waals surface area contributed by atoms with Gasteiger partial charge in [0, 0.05) is 6.42 Å². The molecule has 21 heavy (non-hydrogen) atoms. The fourth-order valence-electron chi connectivity index (χ4n) is 2.85. The molecule has 1 heterocycles. The van der Waals surface area contributed by atoms with Gasteiger partial charge in [-0.3, -0.25) is 0 Å². The molecule has 2 aromatic rings. The molecule has 0 amide bonds. The smallest absolute Gasteiger partial charge is 0.234 e. The minimum atomic E-state index is 0.984. The van der Waals surface area contributed by atoms with Crippen molar-refractivity contribution in [2.75, 3.05) is 0 Å². The van der Waals surface area contributed by atoms with Crippen LogP contribution in [0.25, 0.3) is 0 Å². The second kappa shape index (κ2) is 8.66. The van der Waals surface area contributed by atoms with Crippen LogP contribution < -0.4 is 4.57 Å². The number of hydrogen-bond donors (Lipinski definition) is 0. The molecule has 0 N–H and O–H groups in total. The van der Waals surface area contributed by atoms with E-state index in [-0.39, 0.29) is 0 Å². The first-order valence-electron chi connectivity index (χ1n) is 8.46. The summed E-state index contributed by atoms with van der Waals surface area (Å²) in [5.41, 5.74) is 1.38. The zero-order valence-electron chi connectivity index (χ0n) is 13.6. The summed E-state index contributed by atoms with van der Waals surface area (Å²) in [4.78, 5) is 0. The van der Waals surface area contributed by atoms with Crippen molar-refractivity contribution in [3.05, 3.63) is 54.1 Å². The van der Waals surface area contributed by atoms with Crippen LogP contribution in [0.2, 0.25) is 0 Å². The van der Waals surface area contributed by atoms with Crippen LogP contribution in [0.4, 0.5) is 0 Å². The predicted molar refractivity (Wildman–Crippen MR) is 88.3 cm³/mol. The van der Waals surface area contributed by atoms with E-state index in [0.29, 0.717) is 0 Å². The zero-order chi connectivity index (χ0) is 14.9. The molecule has 0 spiro atoms. The maximum absolute atomic E-state index is 2.46. The molecule has 0 fully saturated rings. The van der Waals surface area contributed by atoms with Gasteiger partial charge in [0.2, 0.25) is 0 Å². The van der Waals surface area contributed by atoms with Crippen LogP contribution in [0.1, 0.15) is 57.3 Å². The Kier molecular flexibility index (Phi) is 6.52. The third kappa shape index (κ3) is 4.73. The molecule has 0 aliphatic heterocycles. The van der Waals surface area contributed by atoms with Gasteiger partial charge in [0.05, 0.1) is 6.54 Å². The standard InChI is InChI=1S/C19H29N2/c1-3-5-6-10-14-20-15-16-21(19(20)11-4-2)17-18-12-8-7-9-13-18/h7-9,12-13,15-16H,3-6,10-11,14,17H2,1-2H3/q+1. The fourth-order valence-corrected chi connectivity index (χ4v) is 2.85. The van der Waals surface area contributed by atoms with Gasteiger partial charge in [-0.2, -0.15) is 0 Å². The summed E-state index contributed by atoms with van der Waals surface area (Å²) in [6.07, 6.45) is 12.2. The van der Waals surface area contributed by atoms with Crippen molar-refractivity contribution in [1.29, 1.82) is 0 Å². The van der Waals surface area contributed by atoms with Gasteiger partial charge in [-0.25, -0.2) is 9.13 Å². The molecule has 0 saturated heterocycles. The maximum atomic E-state index is 2.46. The molecular formula is C19H29N2+. The van der Waals surface area contributed by atoms with Gasteiger partial charge in [0.15, 0.2) is 0 Å². The topological polar surface area (TPSA) is 8.81 Å². The molecule has 0 unspecified atom stereocenters. The summed E-state index contributed by atoms with van der Waals surface area (Å²) in [5, 5.41) is 0. The van der Waals surface area contributed by atoms with Gasteiger partial charge in [-0.1, -0.05) is 57.0 Å². The Labute approximate surface area is 129 Å². The highest BCUT2D eigenvalue weighted by atomic mass is 15.1. The summed E-state index contributed by atoms with van der Waals surface area (Å²) < 4.78 is 4.88. The number of benzene rings is 1. The van der Waals surface area contributed by atoms with Gasteiger partial charge >= 0.3 is 0 Å². The SMILES string of the molecule is CCCCCCn1cc[n+](Cc2ccccc2)c1CCC. The summed E-state index contributed by atoms with van der Waals surface area (Å²) in [7, 11) is 0. The van der Waals surface area contributed by atoms with Crippen LogP contribution in [-0.2, 0) is 19.5 Å². The highest BCUT2D eigenvalue weighted by Crippen LogP contribution is 2.07. The van der Waals surface area contributed by atoms with Gasteiger partial charge < -0.3 is 0 Å². The molecule has 0 aliphatic carbocycles. The Bertz CT molecular complexity index is 514. The number of aryl methyl sites for hydroxylation is 1. The molecule has 0 radical (unpaired) electrons. The molecule has 2 nitrogen and oxygen atoms in total. The van der Waals surface area contributed by atoms with E-state index in [4.69, 9.17) is 0 Å². The van der Waals surface area contributed by atoms with Crippen LogP contribution >= 0.6 is 0 Å². The molecule has 0 saturated carbocycles. The molecular weight excluding hydrogens is 256 g/mol. The molecule has 2 heteroatoms. The second-order valence-electron chi connectivity index (χ2n) is 5.83. The summed E-state index contributed by atoms with van der Waals surface area (Å²) >= 11 is 0. The quantitative estimate of drug-likeness (QED) is 0.478. The molecule has 0 atom stereocenters. The average molecular weight is 285 g/mol. The van der Waals surface area contributed by atoms with Crippen molar-refractivity contribution in [2.45, 2.75) is 65.5 Å². The van der Waals surface area contributed by atoms with Crippen molar-refractivity contribution in [2.24, 2.45) is 0 Å². The monoisotopic (exact) mass is 285 g/mol. The van der Waals surface area contributed by atoms with E-state index in [9.17, 15) is 0 Å². The summed E-state index contributed by atoms with van der Waals surface area (Å²) in [6, 6.07) is 10.7. The average Bonchev–Trinajstić information content (AvgIpc) is 2.88. The van der Waals surface area contributed by atoms with E-state index in [1.807, 2.05) is 0 Å². The lowest BCUT2D eigenvalue weighted by Gasteiger charge is -2.05. The highest BCUT2D eigenvalue weighted by Gasteiger charge is 2.16. The number of imidazole rings is 1. The van der Waals surface area contributed by atoms with Crippen molar-refractivity contribution in [3.8, 4) is 0 Å². The number of rotatable bonds is 9. The van der Waals surface area contributed by atoms with Gasteiger partial charge in [-0.05, 0) is 24.8 Å². The Balaban J connectivity index is 2.05. The second-order valence-corrected chi connectivity index (χ2v) is 5.83. The fraction of sp³-hybridized carbons (Fsp3) is 0.526. The Morgan fingerprint density at radius 1 is 0.952 bits per heavy atom. The van der Waals surface area contributed by atoms with Crippen molar-refractivity contribution < 1.29 is 4.57 Å². The van der Waals surface area contributed by atoms with Gasteiger partial charge in [0.1, 0.15) is 18.9 Å². The van der Waals surface area contributed by atoms with Crippen molar-refractivity contribution in [3.63, 3.8) is 0 Å². The van der Waals surface area contributed by atoms with Crippen molar-refractivity contribution in [1.82, 2.24) is 4.57 Å². The molecule has 1 aromatic heterocycles. The van der Waals surface area contributed by atoms with Crippen LogP contribution in [-0.4, -0.2) is 4.57 Å². The molecule has 0 aliphatic rings. The lowest BCUT2D eigenvalue weighted by Crippen LogP contribution is -2.37. The van der Waals surface area contributed by atoms with E-state index >= 15 is 0 Å². The number of unbranched alkanes of at least 4 members (excludes halogenated alkanes) is 3. The predicted octanol–water partition coefficient (Wildman–Crippen LogP) is 4.36. The first-order valence-corrected chi connectivity index (χ1v) is 8.46. The minimum Gasteiger partial charge on any atom is -0.234 e. The van der Waals surface area contributed by atoms with Crippen LogP contribution in [0.5, 0.6) is 0 Å².